The SMILES string of the molecule is COC(=O)C(CSC)C1CCN(C(C)C)C1. The average Bonchev–Trinajstić information content (AvgIpc) is 2.74. The normalized spacial score (nSPS) is 23.7. The van der Waals surface area contributed by atoms with Crippen molar-refractivity contribution in [2.24, 2.45) is 11.8 Å². The van der Waals surface area contributed by atoms with Crippen molar-refractivity contribution in [1.82, 2.24) is 4.90 Å². The van der Waals surface area contributed by atoms with Gasteiger partial charge in [-0.05, 0) is 39.0 Å². The minimum atomic E-state index is -0.0371. The maximum atomic E-state index is 11.7. The number of thioether (sulfide) groups is 1. The van der Waals surface area contributed by atoms with E-state index in [1.165, 1.54) is 7.11 Å². The van der Waals surface area contributed by atoms with Crippen molar-refractivity contribution in [3.05, 3.63) is 0 Å². The van der Waals surface area contributed by atoms with Crippen LogP contribution >= 0.6 is 11.8 Å². The molecular weight excluding hydrogens is 222 g/mol. The van der Waals surface area contributed by atoms with E-state index in [1.54, 1.807) is 11.8 Å². The third kappa shape index (κ3) is 3.39. The van der Waals surface area contributed by atoms with Gasteiger partial charge in [-0.3, -0.25) is 4.79 Å². The molecule has 0 amide bonds. The summed E-state index contributed by atoms with van der Waals surface area (Å²) < 4.78 is 4.90. The fourth-order valence-corrected chi connectivity index (χ4v) is 3.11. The second-order valence-corrected chi connectivity index (χ2v) is 5.63. The van der Waals surface area contributed by atoms with Crippen LogP contribution < -0.4 is 0 Å². The molecule has 0 aromatic carbocycles. The third-order valence-electron chi connectivity index (χ3n) is 3.41. The number of likely N-dealkylation sites (tertiary alicyclic amines) is 1. The smallest absolute Gasteiger partial charge is 0.309 e. The maximum Gasteiger partial charge on any atom is 0.309 e. The fourth-order valence-electron chi connectivity index (χ4n) is 2.34. The monoisotopic (exact) mass is 245 g/mol. The Labute approximate surface area is 103 Å². The van der Waals surface area contributed by atoms with Gasteiger partial charge in [0.15, 0.2) is 0 Å². The molecule has 2 unspecified atom stereocenters. The summed E-state index contributed by atoms with van der Waals surface area (Å²) in [7, 11) is 1.49. The second-order valence-electron chi connectivity index (χ2n) is 4.72. The zero-order valence-electron chi connectivity index (χ0n) is 10.7. The molecule has 0 aliphatic carbocycles. The standard InChI is InChI=1S/C12H23NO2S/c1-9(2)13-6-5-10(7-13)11(8-16-4)12(14)15-3/h9-11H,5-8H2,1-4H3. The highest BCUT2D eigenvalue weighted by molar-refractivity contribution is 7.98. The summed E-state index contributed by atoms with van der Waals surface area (Å²) in [6.45, 7) is 6.58. The van der Waals surface area contributed by atoms with Gasteiger partial charge in [0, 0.05) is 18.3 Å². The van der Waals surface area contributed by atoms with Crippen LogP contribution in [0.25, 0.3) is 0 Å². The van der Waals surface area contributed by atoms with Gasteiger partial charge in [-0.25, -0.2) is 0 Å². The zero-order valence-corrected chi connectivity index (χ0v) is 11.5. The molecule has 0 spiro atoms. The number of ether oxygens (including phenoxy) is 1. The van der Waals surface area contributed by atoms with E-state index in [0.717, 1.165) is 25.3 Å². The van der Waals surface area contributed by atoms with Crippen LogP contribution in [0.1, 0.15) is 20.3 Å². The molecule has 0 saturated carbocycles. The quantitative estimate of drug-likeness (QED) is 0.692. The number of rotatable bonds is 5. The van der Waals surface area contributed by atoms with Crippen molar-refractivity contribution >= 4 is 17.7 Å². The lowest BCUT2D eigenvalue weighted by molar-refractivity contribution is -0.146. The van der Waals surface area contributed by atoms with Crippen LogP contribution in [-0.4, -0.2) is 49.1 Å². The number of carbonyl (C=O) groups is 1. The van der Waals surface area contributed by atoms with Crippen molar-refractivity contribution < 1.29 is 9.53 Å². The highest BCUT2D eigenvalue weighted by atomic mass is 32.2. The number of esters is 1. The summed E-state index contributed by atoms with van der Waals surface area (Å²) >= 11 is 1.73. The molecule has 1 saturated heterocycles. The zero-order chi connectivity index (χ0) is 12.1. The molecule has 1 aliphatic heterocycles. The lowest BCUT2D eigenvalue weighted by Crippen LogP contribution is -2.32. The van der Waals surface area contributed by atoms with Crippen LogP contribution in [0.5, 0.6) is 0 Å². The third-order valence-corrected chi connectivity index (χ3v) is 4.10. The van der Waals surface area contributed by atoms with E-state index >= 15 is 0 Å². The summed E-state index contributed by atoms with van der Waals surface area (Å²) in [4.78, 5) is 14.2. The lowest BCUT2D eigenvalue weighted by atomic mass is 9.93. The molecule has 1 fully saturated rings. The van der Waals surface area contributed by atoms with Crippen molar-refractivity contribution in [3.8, 4) is 0 Å². The van der Waals surface area contributed by atoms with Gasteiger partial charge in [0.2, 0.25) is 0 Å². The number of hydrogen-bond acceptors (Lipinski definition) is 4. The van der Waals surface area contributed by atoms with E-state index in [1.807, 2.05) is 6.26 Å². The van der Waals surface area contributed by atoms with Crippen LogP contribution in [0.3, 0.4) is 0 Å². The fraction of sp³-hybridized carbons (Fsp3) is 0.917. The molecule has 16 heavy (non-hydrogen) atoms. The number of methoxy groups -OCH3 is 1. The van der Waals surface area contributed by atoms with E-state index in [9.17, 15) is 4.79 Å². The minimum Gasteiger partial charge on any atom is -0.469 e. The molecule has 0 aromatic rings. The molecule has 0 aromatic heterocycles. The summed E-state index contributed by atoms with van der Waals surface area (Å²) in [6.07, 6.45) is 3.17. The predicted molar refractivity (Wildman–Crippen MR) is 68.7 cm³/mol. The topological polar surface area (TPSA) is 29.5 Å². The first-order valence-corrected chi connectivity index (χ1v) is 7.30. The highest BCUT2D eigenvalue weighted by Gasteiger charge is 2.34. The van der Waals surface area contributed by atoms with Gasteiger partial charge in [-0.2, -0.15) is 11.8 Å². The molecule has 94 valence electrons. The van der Waals surface area contributed by atoms with Crippen LogP contribution in [0.4, 0.5) is 0 Å². The minimum absolute atomic E-state index is 0.0371. The van der Waals surface area contributed by atoms with Gasteiger partial charge in [0.1, 0.15) is 0 Å². The van der Waals surface area contributed by atoms with Gasteiger partial charge in [-0.1, -0.05) is 0 Å². The van der Waals surface area contributed by atoms with Crippen molar-refractivity contribution in [2.45, 2.75) is 26.3 Å². The van der Waals surface area contributed by atoms with E-state index in [2.05, 4.69) is 18.7 Å². The summed E-state index contributed by atoms with van der Waals surface area (Å²) in [5.41, 5.74) is 0. The Bertz CT molecular complexity index is 233. The Hall–Kier alpha value is -0.220. The van der Waals surface area contributed by atoms with Gasteiger partial charge >= 0.3 is 5.97 Å². The summed E-state index contributed by atoms with van der Waals surface area (Å²) in [5.74, 6) is 1.39. The lowest BCUT2D eigenvalue weighted by Gasteiger charge is -2.23. The van der Waals surface area contributed by atoms with Crippen LogP contribution in [0.15, 0.2) is 0 Å². The Morgan fingerprint density at radius 3 is 2.69 bits per heavy atom. The number of carbonyl (C=O) groups excluding carboxylic acids is 1. The molecule has 3 nitrogen and oxygen atoms in total. The van der Waals surface area contributed by atoms with Crippen molar-refractivity contribution in [1.29, 1.82) is 0 Å². The van der Waals surface area contributed by atoms with Crippen molar-refractivity contribution in [2.75, 3.05) is 32.2 Å². The first kappa shape index (κ1) is 13.8. The Morgan fingerprint density at radius 2 is 2.25 bits per heavy atom. The largest absolute Gasteiger partial charge is 0.469 e. The van der Waals surface area contributed by atoms with Crippen LogP contribution in [-0.2, 0) is 9.53 Å². The first-order chi connectivity index (χ1) is 7.60. The molecule has 0 radical (unpaired) electrons. The number of hydrogen-bond donors (Lipinski definition) is 0. The molecule has 4 heteroatoms. The van der Waals surface area contributed by atoms with Crippen LogP contribution in [0, 0.1) is 11.8 Å². The Morgan fingerprint density at radius 1 is 1.56 bits per heavy atom. The summed E-state index contributed by atoms with van der Waals surface area (Å²) in [5, 5.41) is 0. The molecule has 1 rings (SSSR count). The molecule has 0 N–H and O–H groups in total. The van der Waals surface area contributed by atoms with Crippen molar-refractivity contribution in [3.63, 3.8) is 0 Å². The van der Waals surface area contributed by atoms with Gasteiger partial charge in [0.05, 0.1) is 13.0 Å². The Kier molecular flexibility index (Phi) is 5.62. The molecular formula is C12H23NO2S. The van der Waals surface area contributed by atoms with E-state index in [-0.39, 0.29) is 11.9 Å². The van der Waals surface area contributed by atoms with E-state index in [0.29, 0.717) is 12.0 Å². The van der Waals surface area contributed by atoms with Gasteiger partial charge in [0.25, 0.3) is 0 Å². The molecule has 1 aliphatic rings. The molecule has 1 heterocycles. The average molecular weight is 245 g/mol. The van der Waals surface area contributed by atoms with E-state index in [4.69, 9.17) is 4.74 Å². The van der Waals surface area contributed by atoms with E-state index < -0.39 is 0 Å². The second kappa shape index (κ2) is 6.50. The predicted octanol–water partition coefficient (Wildman–Crippen LogP) is 1.87. The Balaban J connectivity index is 2.56. The molecule has 2 atom stereocenters. The van der Waals surface area contributed by atoms with Gasteiger partial charge in [-0.15, -0.1) is 0 Å². The maximum absolute atomic E-state index is 11.7. The molecule has 0 bridgehead atoms. The summed E-state index contributed by atoms with van der Waals surface area (Å²) in [6, 6.07) is 0.581. The van der Waals surface area contributed by atoms with Gasteiger partial charge < -0.3 is 9.64 Å². The van der Waals surface area contributed by atoms with Crippen LogP contribution in [0.2, 0.25) is 0 Å². The number of nitrogens with zero attached hydrogens (tertiary/aromatic N) is 1. The highest BCUT2D eigenvalue weighted by Crippen LogP contribution is 2.28. The first-order valence-electron chi connectivity index (χ1n) is 5.91.